The number of hydrogen-bond acceptors (Lipinski definition) is 6. The summed E-state index contributed by atoms with van der Waals surface area (Å²) in [6.45, 7) is 0. The Kier molecular flexibility index (Phi) is 3.12. The van der Waals surface area contributed by atoms with Crippen LogP contribution in [0.3, 0.4) is 0 Å². The van der Waals surface area contributed by atoms with Crippen molar-refractivity contribution in [1.29, 1.82) is 5.26 Å². The van der Waals surface area contributed by atoms with Gasteiger partial charge in [-0.15, -0.1) is 0 Å². The van der Waals surface area contributed by atoms with Crippen molar-refractivity contribution in [3.63, 3.8) is 0 Å². The van der Waals surface area contributed by atoms with Gasteiger partial charge in [0.05, 0.1) is 5.39 Å². The maximum atomic E-state index is 12.3. The van der Waals surface area contributed by atoms with E-state index in [2.05, 4.69) is 15.0 Å². The molecule has 7 nitrogen and oxygen atoms in total. The molecule has 2 heterocycles. The van der Waals surface area contributed by atoms with E-state index in [-0.39, 0.29) is 32.9 Å². The van der Waals surface area contributed by atoms with E-state index in [0.29, 0.717) is 11.1 Å². The number of nitriles is 1. The summed E-state index contributed by atoms with van der Waals surface area (Å²) in [4.78, 5) is 21.5. The van der Waals surface area contributed by atoms with Crippen LogP contribution in [0.25, 0.3) is 22.2 Å². The summed E-state index contributed by atoms with van der Waals surface area (Å²) in [5.41, 5.74) is 6.55. The molecule has 0 fully saturated rings. The highest BCUT2D eigenvalue weighted by Crippen LogP contribution is 2.32. The van der Waals surface area contributed by atoms with Crippen LogP contribution in [0.1, 0.15) is 5.56 Å². The minimum atomic E-state index is -0.467. The Morgan fingerprint density at radius 3 is 2.59 bits per heavy atom. The largest absolute Gasteiger partial charge is 0.508 e. The highest BCUT2D eigenvalue weighted by molar-refractivity contribution is 7.71. The average molecular weight is 311 g/mol. The van der Waals surface area contributed by atoms with Crippen LogP contribution in [-0.2, 0) is 0 Å². The fourth-order valence-electron chi connectivity index (χ4n) is 2.25. The lowest BCUT2D eigenvalue weighted by Crippen LogP contribution is -2.12. The Bertz CT molecular complexity index is 1040. The van der Waals surface area contributed by atoms with E-state index in [0.717, 1.165) is 0 Å². The molecule has 0 saturated heterocycles. The van der Waals surface area contributed by atoms with Gasteiger partial charge >= 0.3 is 0 Å². The molecule has 0 atom stereocenters. The second kappa shape index (κ2) is 4.98. The maximum Gasteiger partial charge on any atom is 0.261 e. The lowest BCUT2D eigenvalue weighted by Gasteiger charge is -2.10. The van der Waals surface area contributed by atoms with E-state index in [1.165, 1.54) is 12.1 Å². The first-order valence-corrected chi connectivity index (χ1v) is 6.57. The van der Waals surface area contributed by atoms with Crippen LogP contribution < -0.4 is 11.3 Å². The first-order valence-electron chi connectivity index (χ1n) is 6.16. The normalized spacial score (nSPS) is 10.5. The molecule has 0 bridgehead atoms. The van der Waals surface area contributed by atoms with Gasteiger partial charge in [0.15, 0.2) is 4.77 Å². The van der Waals surface area contributed by atoms with E-state index >= 15 is 0 Å². The van der Waals surface area contributed by atoms with Crippen LogP contribution in [0.4, 0.5) is 5.82 Å². The van der Waals surface area contributed by atoms with Gasteiger partial charge in [-0.3, -0.25) is 9.78 Å². The number of nitrogen functional groups attached to an aromatic ring is 1. The van der Waals surface area contributed by atoms with Crippen LogP contribution in [0.2, 0.25) is 0 Å². The van der Waals surface area contributed by atoms with Gasteiger partial charge in [-0.25, -0.2) is 4.98 Å². The second-order valence-corrected chi connectivity index (χ2v) is 4.95. The van der Waals surface area contributed by atoms with E-state index < -0.39 is 5.56 Å². The smallest absolute Gasteiger partial charge is 0.261 e. The number of nitrogens with two attached hydrogens (primary N) is 1. The number of aromatic amines is 2. The molecule has 0 amide bonds. The molecule has 0 aliphatic heterocycles. The number of aromatic nitrogens is 3. The van der Waals surface area contributed by atoms with Crippen molar-refractivity contribution in [2.24, 2.45) is 0 Å². The molecule has 1 aromatic carbocycles. The van der Waals surface area contributed by atoms with Crippen molar-refractivity contribution in [2.75, 3.05) is 5.73 Å². The molecule has 0 aliphatic rings. The van der Waals surface area contributed by atoms with Crippen molar-refractivity contribution in [2.45, 2.75) is 0 Å². The van der Waals surface area contributed by atoms with Gasteiger partial charge in [0.2, 0.25) is 0 Å². The van der Waals surface area contributed by atoms with Crippen molar-refractivity contribution in [1.82, 2.24) is 15.0 Å². The molecule has 0 aliphatic carbocycles. The lowest BCUT2D eigenvalue weighted by atomic mass is 9.98. The zero-order valence-corrected chi connectivity index (χ0v) is 11.9. The van der Waals surface area contributed by atoms with Gasteiger partial charge in [0.25, 0.3) is 5.56 Å². The van der Waals surface area contributed by atoms with Gasteiger partial charge < -0.3 is 15.8 Å². The van der Waals surface area contributed by atoms with Crippen molar-refractivity contribution in [3.05, 3.63) is 45.0 Å². The second-order valence-electron chi connectivity index (χ2n) is 4.54. The molecule has 3 aromatic rings. The molecule has 0 spiro atoms. The highest BCUT2D eigenvalue weighted by atomic mass is 32.1. The summed E-state index contributed by atoms with van der Waals surface area (Å²) < 4.78 is 0.116. The Morgan fingerprint density at radius 2 is 1.95 bits per heavy atom. The summed E-state index contributed by atoms with van der Waals surface area (Å²) in [7, 11) is 0. The Hall–Kier alpha value is -3.18. The molecule has 3 rings (SSSR count). The number of nitrogens with zero attached hydrogens (tertiary/aromatic N) is 2. The molecule has 0 unspecified atom stereocenters. The minimum absolute atomic E-state index is 0.00525. The monoisotopic (exact) mass is 311 g/mol. The van der Waals surface area contributed by atoms with Crippen molar-refractivity contribution in [3.8, 4) is 22.9 Å². The zero-order chi connectivity index (χ0) is 15.9. The number of fused-ring (bicyclic) bond motifs is 1. The first kappa shape index (κ1) is 13.8. The van der Waals surface area contributed by atoms with Crippen LogP contribution >= 0.6 is 12.2 Å². The number of pyridine rings is 1. The fourth-order valence-corrected chi connectivity index (χ4v) is 2.44. The van der Waals surface area contributed by atoms with Crippen LogP contribution in [0, 0.1) is 16.1 Å². The van der Waals surface area contributed by atoms with E-state index in [1.807, 2.05) is 6.07 Å². The number of hydrogen-bond donors (Lipinski definition) is 4. The number of benzene rings is 1. The predicted molar refractivity (Wildman–Crippen MR) is 83.8 cm³/mol. The lowest BCUT2D eigenvalue weighted by molar-refractivity contribution is 0.475. The molecule has 108 valence electrons. The highest BCUT2D eigenvalue weighted by Gasteiger charge is 2.18. The Balaban J connectivity index is 2.55. The van der Waals surface area contributed by atoms with Gasteiger partial charge in [0.1, 0.15) is 28.8 Å². The number of phenols is 1. The Labute approximate surface area is 128 Å². The molecule has 0 radical (unpaired) electrons. The average Bonchev–Trinajstić information content (AvgIpc) is 2.46. The molecule has 2 aromatic heterocycles. The summed E-state index contributed by atoms with van der Waals surface area (Å²) in [6, 6.07) is 8.06. The molecular weight excluding hydrogens is 302 g/mol. The number of H-pyrrole nitrogens is 2. The molecule has 5 N–H and O–H groups in total. The number of anilines is 1. The first-order chi connectivity index (χ1) is 10.5. The SMILES string of the molecule is N#Cc1c(N)nc2[nH]c(=S)[nH]c(=O)c2c1-c1ccc(O)cc1. The summed E-state index contributed by atoms with van der Waals surface area (Å²) >= 11 is 4.92. The number of phenolic OH excluding ortho intramolecular Hbond substituents is 1. The third-order valence-corrected chi connectivity index (χ3v) is 3.38. The van der Waals surface area contributed by atoms with Gasteiger partial charge in [-0.1, -0.05) is 12.1 Å². The molecular formula is C14H9N5O2S. The molecule has 0 saturated carbocycles. The van der Waals surface area contributed by atoms with Crippen LogP contribution in [0.5, 0.6) is 5.75 Å². The topological polar surface area (TPSA) is 132 Å². The van der Waals surface area contributed by atoms with Crippen LogP contribution in [-0.4, -0.2) is 20.1 Å². The van der Waals surface area contributed by atoms with E-state index in [1.54, 1.807) is 12.1 Å². The molecule has 22 heavy (non-hydrogen) atoms. The van der Waals surface area contributed by atoms with Crippen LogP contribution in [0.15, 0.2) is 29.1 Å². The standard InChI is InChI=1S/C14H9N5O2S/c15-5-8-9(6-1-3-7(20)4-2-6)10-12(17-11(8)16)18-14(22)19-13(10)21/h1-4,20H,(H4,16,17,18,19,21,22). The zero-order valence-electron chi connectivity index (χ0n) is 11.0. The maximum absolute atomic E-state index is 12.3. The van der Waals surface area contributed by atoms with Gasteiger partial charge in [-0.2, -0.15) is 5.26 Å². The number of nitrogens with one attached hydrogen (secondary N) is 2. The number of aromatic hydroxyl groups is 1. The van der Waals surface area contributed by atoms with E-state index in [9.17, 15) is 15.2 Å². The fraction of sp³-hybridized carbons (Fsp3) is 0. The molecule has 8 heteroatoms. The predicted octanol–water partition coefficient (Wildman–Crippen LogP) is 1.81. The summed E-state index contributed by atoms with van der Waals surface area (Å²) in [6.07, 6.45) is 0. The van der Waals surface area contributed by atoms with E-state index in [4.69, 9.17) is 18.0 Å². The minimum Gasteiger partial charge on any atom is -0.508 e. The number of rotatable bonds is 1. The third kappa shape index (κ3) is 2.10. The Morgan fingerprint density at radius 1 is 1.27 bits per heavy atom. The van der Waals surface area contributed by atoms with Crippen molar-refractivity contribution >= 4 is 29.1 Å². The quantitative estimate of drug-likeness (QED) is 0.507. The summed E-state index contributed by atoms with van der Waals surface area (Å²) in [5, 5.41) is 18.9. The van der Waals surface area contributed by atoms with Crippen molar-refractivity contribution < 1.29 is 5.11 Å². The van der Waals surface area contributed by atoms with Gasteiger partial charge in [0, 0.05) is 5.56 Å². The summed E-state index contributed by atoms with van der Waals surface area (Å²) in [5.74, 6) is 0.0660. The third-order valence-electron chi connectivity index (χ3n) is 3.18. The van der Waals surface area contributed by atoms with Gasteiger partial charge in [-0.05, 0) is 29.9 Å².